The summed E-state index contributed by atoms with van der Waals surface area (Å²) in [6.45, 7) is 7.74. The number of hydrogen-bond acceptors (Lipinski definition) is 1. The molecule has 0 saturated heterocycles. The Balaban J connectivity index is 2.47. The van der Waals surface area contributed by atoms with E-state index in [4.69, 9.17) is 12.2 Å². The van der Waals surface area contributed by atoms with Crippen LogP contribution in [0.4, 0.5) is 0 Å². The van der Waals surface area contributed by atoms with Crippen molar-refractivity contribution in [2.24, 2.45) is 11.8 Å². The first kappa shape index (κ1) is 12.8. The standard InChI is InChI=1S/C13H17BrN2S/c1-8(2)9(3)7-16-12-5-4-10(14)6-11(12)15-13(16)17/h4-6,8-9H,7H2,1-3H3,(H,15,17). The molecule has 1 atom stereocenters. The van der Waals surface area contributed by atoms with E-state index in [0.717, 1.165) is 21.3 Å². The summed E-state index contributed by atoms with van der Waals surface area (Å²) in [5.41, 5.74) is 2.28. The summed E-state index contributed by atoms with van der Waals surface area (Å²) in [4.78, 5) is 3.26. The predicted octanol–water partition coefficient (Wildman–Crippen LogP) is 4.75. The molecular weight excluding hydrogens is 296 g/mol. The van der Waals surface area contributed by atoms with E-state index in [0.29, 0.717) is 11.8 Å². The molecule has 1 aromatic carbocycles. The highest BCUT2D eigenvalue weighted by Gasteiger charge is 2.11. The molecule has 0 spiro atoms. The van der Waals surface area contributed by atoms with Crippen molar-refractivity contribution in [3.05, 3.63) is 27.4 Å². The van der Waals surface area contributed by atoms with Gasteiger partial charge in [0.2, 0.25) is 0 Å². The summed E-state index contributed by atoms with van der Waals surface area (Å²) in [6.07, 6.45) is 0. The van der Waals surface area contributed by atoms with Crippen LogP contribution in [0.1, 0.15) is 20.8 Å². The molecular formula is C13H17BrN2S. The number of aromatic amines is 1. The molecule has 0 bridgehead atoms. The monoisotopic (exact) mass is 312 g/mol. The summed E-state index contributed by atoms with van der Waals surface area (Å²) in [5, 5.41) is 0. The Labute approximate surface area is 115 Å². The second-order valence-corrected chi connectivity index (χ2v) is 6.23. The van der Waals surface area contributed by atoms with Crippen molar-refractivity contribution in [1.82, 2.24) is 9.55 Å². The fourth-order valence-corrected chi connectivity index (χ4v) is 2.46. The maximum Gasteiger partial charge on any atom is 0.178 e. The third-order valence-electron chi connectivity index (χ3n) is 3.34. The topological polar surface area (TPSA) is 20.7 Å². The molecule has 0 aliphatic rings. The zero-order chi connectivity index (χ0) is 12.6. The van der Waals surface area contributed by atoms with E-state index >= 15 is 0 Å². The molecule has 4 heteroatoms. The first-order valence-electron chi connectivity index (χ1n) is 5.87. The average Bonchev–Trinajstić information content (AvgIpc) is 2.54. The van der Waals surface area contributed by atoms with Crippen LogP contribution in [0.3, 0.4) is 0 Å². The van der Waals surface area contributed by atoms with Crippen LogP contribution in [0.15, 0.2) is 22.7 Å². The van der Waals surface area contributed by atoms with Crippen LogP contribution in [-0.4, -0.2) is 9.55 Å². The second kappa shape index (κ2) is 4.94. The molecule has 0 saturated carbocycles. The van der Waals surface area contributed by atoms with Gasteiger partial charge in [-0.2, -0.15) is 0 Å². The van der Waals surface area contributed by atoms with E-state index in [2.05, 4.69) is 64.5 Å². The normalized spacial score (nSPS) is 13.5. The van der Waals surface area contributed by atoms with Crippen molar-refractivity contribution < 1.29 is 0 Å². The van der Waals surface area contributed by atoms with Gasteiger partial charge >= 0.3 is 0 Å². The summed E-state index contributed by atoms with van der Waals surface area (Å²) in [6, 6.07) is 6.24. The Kier molecular flexibility index (Phi) is 3.73. The largest absolute Gasteiger partial charge is 0.331 e. The van der Waals surface area contributed by atoms with Crippen LogP contribution in [0.5, 0.6) is 0 Å². The van der Waals surface area contributed by atoms with Crippen LogP contribution < -0.4 is 0 Å². The summed E-state index contributed by atoms with van der Waals surface area (Å²) >= 11 is 8.87. The summed E-state index contributed by atoms with van der Waals surface area (Å²) in [5.74, 6) is 1.28. The van der Waals surface area contributed by atoms with Crippen molar-refractivity contribution in [3.63, 3.8) is 0 Å². The number of aromatic nitrogens is 2. The molecule has 17 heavy (non-hydrogen) atoms. The van der Waals surface area contributed by atoms with Gasteiger partial charge in [-0.1, -0.05) is 36.7 Å². The number of H-pyrrole nitrogens is 1. The van der Waals surface area contributed by atoms with Crippen molar-refractivity contribution in [3.8, 4) is 0 Å². The van der Waals surface area contributed by atoms with Gasteiger partial charge in [0, 0.05) is 11.0 Å². The maximum absolute atomic E-state index is 5.39. The van der Waals surface area contributed by atoms with Gasteiger partial charge in [-0.25, -0.2) is 0 Å². The Morgan fingerprint density at radius 3 is 2.71 bits per heavy atom. The molecule has 1 unspecified atom stereocenters. The van der Waals surface area contributed by atoms with Crippen LogP contribution in [0.25, 0.3) is 11.0 Å². The molecule has 1 aromatic heterocycles. The van der Waals surface area contributed by atoms with Gasteiger partial charge in [0.05, 0.1) is 11.0 Å². The number of rotatable bonds is 3. The van der Waals surface area contributed by atoms with E-state index in [1.807, 2.05) is 0 Å². The maximum atomic E-state index is 5.39. The molecule has 2 nitrogen and oxygen atoms in total. The molecule has 0 radical (unpaired) electrons. The molecule has 2 aromatic rings. The van der Waals surface area contributed by atoms with E-state index in [-0.39, 0.29) is 0 Å². The predicted molar refractivity (Wildman–Crippen MR) is 78.8 cm³/mol. The molecule has 0 aliphatic heterocycles. The lowest BCUT2D eigenvalue weighted by molar-refractivity contribution is 0.367. The Morgan fingerprint density at radius 2 is 2.06 bits per heavy atom. The fourth-order valence-electron chi connectivity index (χ4n) is 1.82. The van der Waals surface area contributed by atoms with Gasteiger partial charge in [0.25, 0.3) is 0 Å². The van der Waals surface area contributed by atoms with Crippen molar-refractivity contribution in [1.29, 1.82) is 0 Å². The first-order valence-corrected chi connectivity index (χ1v) is 7.07. The number of fused-ring (bicyclic) bond motifs is 1. The molecule has 0 amide bonds. The number of nitrogens with zero attached hydrogens (tertiary/aromatic N) is 1. The van der Waals surface area contributed by atoms with Crippen LogP contribution in [0, 0.1) is 16.6 Å². The van der Waals surface area contributed by atoms with E-state index in [9.17, 15) is 0 Å². The minimum atomic E-state index is 0.615. The Bertz CT molecular complexity index is 583. The van der Waals surface area contributed by atoms with Crippen molar-refractivity contribution in [2.45, 2.75) is 27.3 Å². The SMILES string of the molecule is CC(C)C(C)Cn1c(=S)[nH]c2cc(Br)ccc21. The average molecular weight is 313 g/mol. The molecule has 0 fully saturated rings. The van der Waals surface area contributed by atoms with E-state index in [1.54, 1.807) is 0 Å². The van der Waals surface area contributed by atoms with Gasteiger partial charge in [0.15, 0.2) is 4.77 Å². The third kappa shape index (κ3) is 2.63. The smallest absolute Gasteiger partial charge is 0.178 e. The molecule has 0 aliphatic carbocycles. The summed E-state index contributed by atoms with van der Waals surface area (Å²) < 4.78 is 4.08. The van der Waals surface area contributed by atoms with E-state index in [1.165, 1.54) is 5.52 Å². The third-order valence-corrected chi connectivity index (χ3v) is 4.16. The van der Waals surface area contributed by atoms with E-state index < -0.39 is 0 Å². The Morgan fingerprint density at radius 1 is 1.35 bits per heavy atom. The number of nitrogens with one attached hydrogen (secondary N) is 1. The highest BCUT2D eigenvalue weighted by molar-refractivity contribution is 9.10. The van der Waals surface area contributed by atoms with Gasteiger partial charge < -0.3 is 9.55 Å². The van der Waals surface area contributed by atoms with Gasteiger partial charge in [-0.05, 0) is 42.3 Å². The number of imidazole rings is 1. The Hall–Kier alpha value is -0.610. The first-order chi connectivity index (χ1) is 7.99. The zero-order valence-corrected chi connectivity index (χ0v) is 12.7. The second-order valence-electron chi connectivity index (χ2n) is 4.92. The summed E-state index contributed by atoms with van der Waals surface area (Å²) in [7, 11) is 0. The van der Waals surface area contributed by atoms with Crippen LogP contribution in [-0.2, 0) is 6.54 Å². The number of benzene rings is 1. The highest BCUT2D eigenvalue weighted by atomic mass is 79.9. The van der Waals surface area contributed by atoms with Gasteiger partial charge in [0.1, 0.15) is 0 Å². The van der Waals surface area contributed by atoms with Crippen LogP contribution >= 0.6 is 28.1 Å². The minimum Gasteiger partial charge on any atom is -0.331 e. The van der Waals surface area contributed by atoms with Crippen molar-refractivity contribution in [2.75, 3.05) is 0 Å². The fraction of sp³-hybridized carbons (Fsp3) is 0.462. The zero-order valence-electron chi connectivity index (χ0n) is 10.3. The molecule has 92 valence electrons. The number of hydrogen-bond donors (Lipinski definition) is 1. The quantitative estimate of drug-likeness (QED) is 0.811. The highest BCUT2D eigenvalue weighted by Crippen LogP contribution is 2.22. The van der Waals surface area contributed by atoms with Crippen molar-refractivity contribution >= 4 is 39.2 Å². The van der Waals surface area contributed by atoms with Gasteiger partial charge in [-0.3, -0.25) is 0 Å². The molecule has 1 N–H and O–H groups in total. The lowest BCUT2D eigenvalue weighted by Gasteiger charge is -2.16. The van der Waals surface area contributed by atoms with Crippen LogP contribution in [0.2, 0.25) is 0 Å². The molecule has 1 heterocycles. The lowest BCUT2D eigenvalue weighted by atomic mass is 9.98. The lowest BCUT2D eigenvalue weighted by Crippen LogP contribution is -2.13. The molecule has 2 rings (SSSR count). The van der Waals surface area contributed by atoms with Gasteiger partial charge in [-0.15, -0.1) is 0 Å². The number of halogens is 1. The minimum absolute atomic E-state index is 0.615.